The van der Waals surface area contributed by atoms with Gasteiger partial charge in [0.2, 0.25) is 11.8 Å². The number of carbonyl (C=O) groups is 4. The van der Waals surface area contributed by atoms with Crippen molar-refractivity contribution in [2.75, 3.05) is 11.9 Å². The first-order chi connectivity index (χ1) is 14.6. The van der Waals surface area contributed by atoms with Crippen LogP contribution in [0, 0.1) is 5.92 Å². The molecule has 0 fully saturated rings. The van der Waals surface area contributed by atoms with E-state index in [1.807, 2.05) is 0 Å². The fourth-order valence-corrected chi connectivity index (χ4v) is 2.63. The van der Waals surface area contributed by atoms with E-state index in [1.165, 1.54) is 12.5 Å². The Morgan fingerprint density at radius 2 is 1.74 bits per heavy atom. The monoisotopic (exact) mass is 439 g/mol. The molecule has 0 bridgehead atoms. The predicted octanol–water partition coefficient (Wildman–Crippen LogP) is 1.12. The summed E-state index contributed by atoms with van der Waals surface area (Å²) in [6.45, 7) is 4.97. The number of carbonyl (C=O) groups excluding carboxylic acids is 4. The number of urea groups is 1. The topological polar surface area (TPSA) is 152 Å². The highest BCUT2D eigenvalue weighted by molar-refractivity contribution is 5.97. The quantitative estimate of drug-likeness (QED) is 0.187. The number of nitrogens with two attached hydrogens (primary N) is 1. The summed E-state index contributed by atoms with van der Waals surface area (Å²) in [7, 11) is 0. The fourth-order valence-electron chi connectivity index (χ4n) is 2.63. The summed E-state index contributed by atoms with van der Waals surface area (Å²) in [5, 5.41) is 7.64. The molecule has 2 atom stereocenters. The van der Waals surface area contributed by atoms with Gasteiger partial charge in [-0.1, -0.05) is 26.0 Å². The van der Waals surface area contributed by atoms with Crippen molar-refractivity contribution in [2.45, 2.75) is 52.3 Å². The lowest BCUT2D eigenvalue weighted by atomic mass is 10.0. The summed E-state index contributed by atoms with van der Waals surface area (Å²) >= 11 is 0. The SMILES string of the molecule is CC(=O)OCc1ccc(NC(=O)C(CCCNC(N)=O)NC(=O)C(NF)C(C)C)cc1. The molecule has 0 saturated heterocycles. The molecule has 0 aliphatic heterocycles. The number of rotatable bonds is 12. The Morgan fingerprint density at radius 1 is 1.10 bits per heavy atom. The van der Waals surface area contributed by atoms with E-state index in [0.717, 1.165) is 5.56 Å². The van der Waals surface area contributed by atoms with Gasteiger partial charge in [0.15, 0.2) is 0 Å². The van der Waals surface area contributed by atoms with Gasteiger partial charge in [-0.15, -0.1) is 10.0 Å². The number of esters is 1. The van der Waals surface area contributed by atoms with Crippen molar-refractivity contribution >= 4 is 29.5 Å². The predicted molar refractivity (Wildman–Crippen MR) is 112 cm³/mol. The van der Waals surface area contributed by atoms with E-state index in [9.17, 15) is 23.7 Å². The van der Waals surface area contributed by atoms with Gasteiger partial charge in [0, 0.05) is 19.2 Å². The van der Waals surface area contributed by atoms with Crippen LogP contribution in [0.15, 0.2) is 24.3 Å². The third kappa shape index (κ3) is 9.90. The van der Waals surface area contributed by atoms with Crippen molar-refractivity contribution in [1.82, 2.24) is 16.2 Å². The molecule has 6 N–H and O–H groups in total. The maximum absolute atomic E-state index is 13.0. The van der Waals surface area contributed by atoms with Gasteiger partial charge in [-0.05, 0) is 36.5 Å². The van der Waals surface area contributed by atoms with E-state index in [1.54, 1.807) is 38.1 Å². The van der Waals surface area contributed by atoms with Crippen LogP contribution in [0.2, 0.25) is 0 Å². The average molecular weight is 439 g/mol. The molecule has 2 unspecified atom stereocenters. The number of hydrogen-bond acceptors (Lipinski definition) is 6. The molecule has 1 aromatic carbocycles. The van der Waals surface area contributed by atoms with E-state index in [4.69, 9.17) is 10.5 Å². The highest BCUT2D eigenvalue weighted by Gasteiger charge is 2.27. The minimum atomic E-state index is -1.11. The van der Waals surface area contributed by atoms with Crippen LogP contribution in [0.4, 0.5) is 15.0 Å². The largest absolute Gasteiger partial charge is 0.461 e. The maximum Gasteiger partial charge on any atom is 0.312 e. The van der Waals surface area contributed by atoms with Crippen LogP contribution in [-0.4, -0.2) is 42.4 Å². The zero-order valence-corrected chi connectivity index (χ0v) is 17.9. The number of ether oxygens (including phenoxy) is 1. The van der Waals surface area contributed by atoms with E-state index >= 15 is 0 Å². The van der Waals surface area contributed by atoms with Crippen LogP contribution in [0.25, 0.3) is 0 Å². The number of amides is 4. The molecule has 172 valence electrons. The minimum absolute atomic E-state index is 0.113. The summed E-state index contributed by atoms with van der Waals surface area (Å²) in [5.74, 6) is -1.89. The van der Waals surface area contributed by atoms with Crippen LogP contribution in [0.3, 0.4) is 0 Å². The molecule has 10 nitrogen and oxygen atoms in total. The molecule has 0 saturated carbocycles. The highest BCUT2D eigenvalue weighted by Crippen LogP contribution is 2.12. The van der Waals surface area contributed by atoms with Gasteiger partial charge < -0.3 is 26.4 Å². The van der Waals surface area contributed by atoms with Crippen molar-refractivity contribution in [1.29, 1.82) is 0 Å². The molecule has 1 aromatic rings. The second-order valence-electron chi connectivity index (χ2n) is 7.29. The Morgan fingerprint density at radius 3 is 2.26 bits per heavy atom. The van der Waals surface area contributed by atoms with Crippen LogP contribution >= 0.6 is 0 Å². The van der Waals surface area contributed by atoms with Gasteiger partial charge in [0.1, 0.15) is 18.7 Å². The Hall–Kier alpha value is -3.21. The lowest BCUT2D eigenvalue weighted by Gasteiger charge is -2.23. The molecule has 0 aliphatic rings. The zero-order chi connectivity index (χ0) is 23.4. The molecule has 0 spiro atoms. The molecular weight excluding hydrogens is 409 g/mol. The first kappa shape index (κ1) is 25.8. The second-order valence-corrected chi connectivity index (χ2v) is 7.29. The molecule has 4 amide bonds. The fraction of sp³-hybridized carbons (Fsp3) is 0.500. The zero-order valence-electron chi connectivity index (χ0n) is 17.9. The Kier molecular flexibility index (Phi) is 11.0. The lowest BCUT2D eigenvalue weighted by molar-refractivity contribution is -0.142. The normalized spacial score (nSPS) is 12.5. The third-order valence-electron chi connectivity index (χ3n) is 4.33. The molecule has 31 heavy (non-hydrogen) atoms. The molecule has 0 aromatic heterocycles. The summed E-state index contributed by atoms with van der Waals surface area (Å²) in [6.07, 6.45) is 0.553. The number of primary amides is 1. The summed E-state index contributed by atoms with van der Waals surface area (Å²) in [6, 6.07) is 3.86. The first-order valence-corrected chi connectivity index (χ1v) is 9.87. The Balaban J connectivity index is 2.80. The number of anilines is 1. The van der Waals surface area contributed by atoms with E-state index < -0.39 is 35.9 Å². The molecule has 0 aliphatic carbocycles. The highest BCUT2D eigenvalue weighted by atomic mass is 19.2. The number of benzene rings is 1. The molecular formula is C20H30FN5O5. The van der Waals surface area contributed by atoms with E-state index in [-0.39, 0.29) is 25.5 Å². The van der Waals surface area contributed by atoms with Crippen LogP contribution in [0.5, 0.6) is 0 Å². The average Bonchev–Trinajstić information content (AvgIpc) is 2.69. The standard InChI is InChI=1S/C20H30FN5O5/c1-12(2)17(26-21)19(29)25-16(5-4-10-23-20(22)30)18(28)24-15-8-6-14(7-9-15)11-31-13(3)27/h6-9,12,16-17,26H,4-5,10-11H2,1-3H3,(H,24,28)(H,25,29)(H3,22,23,30). The van der Waals surface area contributed by atoms with Crippen LogP contribution < -0.4 is 27.2 Å². The molecule has 1 rings (SSSR count). The summed E-state index contributed by atoms with van der Waals surface area (Å²) in [4.78, 5) is 46.8. The van der Waals surface area contributed by atoms with Crippen LogP contribution in [0.1, 0.15) is 39.2 Å². The minimum Gasteiger partial charge on any atom is -0.461 e. The number of halogens is 1. The van der Waals surface area contributed by atoms with E-state index in [2.05, 4.69) is 16.0 Å². The van der Waals surface area contributed by atoms with Crippen molar-refractivity contribution < 1.29 is 28.4 Å². The molecule has 11 heteroatoms. The van der Waals surface area contributed by atoms with Gasteiger partial charge in [-0.2, -0.15) is 0 Å². The van der Waals surface area contributed by atoms with E-state index in [0.29, 0.717) is 12.1 Å². The smallest absolute Gasteiger partial charge is 0.312 e. The van der Waals surface area contributed by atoms with Crippen LogP contribution in [-0.2, 0) is 25.7 Å². The first-order valence-electron chi connectivity index (χ1n) is 9.87. The van der Waals surface area contributed by atoms with Crippen molar-refractivity contribution in [2.24, 2.45) is 11.7 Å². The number of hydrogen-bond donors (Lipinski definition) is 5. The number of nitrogens with one attached hydrogen (secondary N) is 4. The summed E-state index contributed by atoms with van der Waals surface area (Å²) < 4.78 is 17.9. The lowest BCUT2D eigenvalue weighted by Crippen LogP contribution is -2.52. The van der Waals surface area contributed by atoms with Crippen molar-refractivity contribution in [3.63, 3.8) is 0 Å². The molecule has 0 radical (unpaired) electrons. The van der Waals surface area contributed by atoms with Gasteiger partial charge in [-0.3, -0.25) is 14.4 Å². The maximum atomic E-state index is 13.0. The van der Waals surface area contributed by atoms with Gasteiger partial charge in [-0.25, -0.2) is 4.79 Å². The Bertz CT molecular complexity index is 757. The Labute approximate surface area is 180 Å². The van der Waals surface area contributed by atoms with Crippen molar-refractivity contribution in [3.05, 3.63) is 29.8 Å². The van der Waals surface area contributed by atoms with Gasteiger partial charge in [0.25, 0.3) is 0 Å². The second kappa shape index (κ2) is 13.2. The van der Waals surface area contributed by atoms with Gasteiger partial charge >= 0.3 is 12.0 Å². The summed E-state index contributed by atoms with van der Waals surface area (Å²) in [5.41, 5.74) is 7.67. The molecule has 0 heterocycles. The van der Waals surface area contributed by atoms with Crippen molar-refractivity contribution in [3.8, 4) is 0 Å². The van der Waals surface area contributed by atoms with Gasteiger partial charge in [0.05, 0.1) is 0 Å². The third-order valence-corrected chi connectivity index (χ3v) is 4.33.